The van der Waals surface area contributed by atoms with Gasteiger partial charge < -0.3 is 15.8 Å². The van der Waals surface area contributed by atoms with Gasteiger partial charge in [0, 0.05) is 18.3 Å². The van der Waals surface area contributed by atoms with E-state index in [9.17, 15) is 13.2 Å². The molecule has 2 rings (SSSR count). The van der Waals surface area contributed by atoms with E-state index in [1.807, 2.05) is 0 Å². The van der Waals surface area contributed by atoms with Crippen LogP contribution in [0.25, 0.3) is 0 Å². The van der Waals surface area contributed by atoms with Crippen molar-refractivity contribution in [3.63, 3.8) is 0 Å². The first-order chi connectivity index (χ1) is 8.44. The van der Waals surface area contributed by atoms with Crippen molar-refractivity contribution in [1.82, 2.24) is 5.32 Å². The molecule has 0 saturated carbocycles. The lowest BCUT2D eigenvalue weighted by Gasteiger charge is -2.33. The average molecular weight is 259 g/mol. The number of aliphatic imine (C=N–C) groups is 1. The lowest BCUT2D eigenvalue weighted by Crippen LogP contribution is -2.50. The predicted octanol–water partition coefficient (Wildman–Crippen LogP) is 1.69. The van der Waals surface area contributed by atoms with Crippen molar-refractivity contribution in [3.05, 3.63) is 29.6 Å². The van der Waals surface area contributed by atoms with Crippen molar-refractivity contribution >= 4 is 11.7 Å². The standard InChI is InChI=1S/C11H12F3N3O/c1-16-10-17-9(11(13,14)5-18-10)7-4-6(15)2-3-8(7)12/h2-4,9H,5,15H2,1H3,(H,16,17)/t9-/m1/s1. The van der Waals surface area contributed by atoms with Gasteiger partial charge in [0.1, 0.15) is 11.9 Å². The van der Waals surface area contributed by atoms with E-state index < -0.39 is 24.4 Å². The first kappa shape index (κ1) is 12.5. The van der Waals surface area contributed by atoms with Crippen LogP contribution in [0.1, 0.15) is 11.6 Å². The van der Waals surface area contributed by atoms with Crippen LogP contribution in [-0.4, -0.2) is 25.6 Å². The summed E-state index contributed by atoms with van der Waals surface area (Å²) in [5, 5.41) is 2.36. The van der Waals surface area contributed by atoms with Crippen LogP contribution in [0.4, 0.5) is 18.9 Å². The summed E-state index contributed by atoms with van der Waals surface area (Å²) in [5.41, 5.74) is 5.50. The second-order valence-corrected chi connectivity index (χ2v) is 3.94. The van der Waals surface area contributed by atoms with E-state index in [1.165, 1.54) is 19.2 Å². The molecule has 4 nitrogen and oxygen atoms in total. The Morgan fingerprint density at radius 2 is 2.22 bits per heavy atom. The Balaban J connectivity index is 2.42. The molecule has 1 aliphatic heterocycles. The molecule has 98 valence electrons. The molecule has 1 aromatic carbocycles. The zero-order valence-corrected chi connectivity index (χ0v) is 9.58. The van der Waals surface area contributed by atoms with Crippen molar-refractivity contribution in [1.29, 1.82) is 0 Å². The number of nitrogens with two attached hydrogens (primary N) is 1. The molecule has 0 bridgehead atoms. The normalized spacial score (nSPS) is 24.4. The maximum Gasteiger partial charge on any atom is 0.305 e. The van der Waals surface area contributed by atoms with Crippen LogP contribution in [0.5, 0.6) is 0 Å². The van der Waals surface area contributed by atoms with Crippen molar-refractivity contribution < 1.29 is 17.9 Å². The number of hydrogen-bond acceptors (Lipinski definition) is 3. The summed E-state index contributed by atoms with van der Waals surface area (Å²) in [6, 6.07) is 1.95. The van der Waals surface area contributed by atoms with Gasteiger partial charge in [-0.15, -0.1) is 0 Å². The Bertz CT molecular complexity index is 490. The van der Waals surface area contributed by atoms with Crippen LogP contribution >= 0.6 is 0 Å². The highest BCUT2D eigenvalue weighted by Gasteiger charge is 2.47. The number of amidine groups is 1. The topological polar surface area (TPSA) is 59.6 Å². The molecule has 1 fully saturated rings. The van der Waals surface area contributed by atoms with Gasteiger partial charge in [0.25, 0.3) is 6.02 Å². The summed E-state index contributed by atoms with van der Waals surface area (Å²) in [6.07, 6.45) is 0. The molecule has 0 unspecified atom stereocenters. The second-order valence-electron chi connectivity index (χ2n) is 3.94. The third-order valence-corrected chi connectivity index (χ3v) is 2.63. The number of benzene rings is 1. The van der Waals surface area contributed by atoms with Crippen LogP contribution in [0.15, 0.2) is 23.2 Å². The monoisotopic (exact) mass is 259 g/mol. The molecule has 1 atom stereocenters. The van der Waals surface area contributed by atoms with Crippen LogP contribution < -0.4 is 11.1 Å². The number of ether oxygens (including phenoxy) is 1. The highest BCUT2D eigenvalue weighted by atomic mass is 19.3. The zero-order valence-electron chi connectivity index (χ0n) is 9.58. The number of alkyl halides is 2. The molecule has 0 amide bonds. The third-order valence-electron chi connectivity index (χ3n) is 2.63. The van der Waals surface area contributed by atoms with E-state index in [-0.39, 0.29) is 17.3 Å². The predicted molar refractivity (Wildman–Crippen MR) is 60.9 cm³/mol. The summed E-state index contributed by atoms with van der Waals surface area (Å²) in [5.74, 6) is -4.00. The summed E-state index contributed by atoms with van der Waals surface area (Å²) >= 11 is 0. The molecule has 18 heavy (non-hydrogen) atoms. The largest absolute Gasteiger partial charge is 0.459 e. The van der Waals surface area contributed by atoms with Gasteiger partial charge in [0.2, 0.25) is 0 Å². The molecule has 1 aliphatic rings. The van der Waals surface area contributed by atoms with Gasteiger partial charge in [-0.2, -0.15) is 0 Å². The van der Waals surface area contributed by atoms with E-state index in [0.717, 1.165) is 6.07 Å². The van der Waals surface area contributed by atoms with E-state index in [4.69, 9.17) is 10.5 Å². The van der Waals surface area contributed by atoms with Gasteiger partial charge >= 0.3 is 5.92 Å². The van der Waals surface area contributed by atoms with Gasteiger partial charge in [-0.1, -0.05) is 0 Å². The molecule has 0 aromatic heterocycles. The van der Waals surface area contributed by atoms with Crippen molar-refractivity contribution in [3.8, 4) is 0 Å². The second kappa shape index (κ2) is 4.40. The van der Waals surface area contributed by atoms with Crippen LogP contribution in [0, 0.1) is 5.82 Å². The quantitative estimate of drug-likeness (QED) is 0.754. The Morgan fingerprint density at radius 1 is 1.50 bits per heavy atom. The van der Waals surface area contributed by atoms with E-state index >= 15 is 0 Å². The molecule has 7 heteroatoms. The number of anilines is 1. The van der Waals surface area contributed by atoms with Crippen LogP contribution in [-0.2, 0) is 4.74 Å². The first-order valence-electron chi connectivity index (χ1n) is 5.23. The highest BCUT2D eigenvalue weighted by molar-refractivity contribution is 5.75. The molecule has 3 N–H and O–H groups in total. The van der Waals surface area contributed by atoms with Gasteiger partial charge in [0.15, 0.2) is 6.61 Å². The molecule has 1 heterocycles. The van der Waals surface area contributed by atoms with Crippen LogP contribution in [0.3, 0.4) is 0 Å². The molecule has 0 aliphatic carbocycles. The molecule has 0 spiro atoms. The maximum absolute atomic E-state index is 13.7. The smallest absolute Gasteiger partial charge is 0.305 e. The minimum Gasteiger partial charge on any atom is -0.459 e. The fraction of sp³-hybridized carbons (Fsp3) is 0.364. The number of rotatable bonds is 1. The van der Waals surface area contributed by atoms with Crippen molar-refractivity contribution in [2.75, 3.05) is 19.4 Å². The third kappa shape index (κ3) is 2.20. The Kier molecular flexibility index (Phi) is 3.06. The molecule has 0 radical (unpaired) electrons. The average Bonchev–Trinajstić information content (AvgIpc) is 2.32. The Labute approximate surface area is 102 Å². The first-order valence-corrected chi connectivity index (χ1v) is 5.23. The van der Waals surface area contributed by atoms with Gasteiger partial charge in [0.05, 0.1) is 0 Å². The summed E-state index contributed by atoms with van der Waals surface area (Å²) in [6.45, 7) is -0.856. The van der Waals surface area contributed by atoms with Gasteiger partial charge in [-0.25, -0.2) is 18.2 Å². The summed E-state index contributed by atoms with van der Waals surface area (Å²) < 4.78 is 45.8. The molecule has 1 saturated heterocycles. The maximum atomic E-state index is 13.7. The fourth-order valence-corrected chi connectivity index (χ4v) is 1.74. The lowest BCUT2D eigenvalue weighted by molar-refractivity contribution is -0.0926. The zero-order chi connectivity index (χ0) is 13.3. The summed E-state index contributed by atoms with van der Waals surface area (Å²) in [4.78, 5) is 3.64. The number of nitrogen functional groups attached to an aromatic ring is 1. The van der Waals surface area contributed by atoms with E-state index in [2.05, 4.69) is 10.3 Å². The molecular formula is C11H12F3N3O. The number of nitrogens with one attached hydrogen (secondary N) is 1. The number of hydrogen-bond donors (Lipinski definition) is 2. The lowest BCUT2D eigenvalue weighted by atomic mass is 9.99. The Morgan fingerprint density at radius 3 is 2.89 bits per heavy atom. The Hall–Kier alpha value is -1.92. The van der Waals surface area contributed by atoms with Crippen molar-refractivity contribution in [2.45, 2.75) is 12.0 Å². The van der Waals surface area contributed by atoms with Crippen LogP contribution in [0.2, 0.25) is 0 Å². The SMILES string of the molecule is CN=C1N[C@H](c2cc(N)ccc2F)C(F)(F)CO1. The van der Waals surface area contributed by atoms with Gasteiger partial charge in [-0.05, 0) is 18.2 Å². The van der Waals surface area contributed by atoms with E-state index in [0.29, 0.717) is 0 Å². The number of nitrogens with zero attached hydrogens (tertiary/aromatic N) is 1. The van der Waals surface area contributed by atoms with Gasteiger partial charge in [-0.3, -0.25) is 0 Å². The van der Waals surface area contributed by atoms with Crippen molar-refractivity contribution in [2.24, 2.45) is 4.99 Å². The van der Waals surface area contributed by atoms with E-state index in [1.54, 1.807) is 0 Å². The summed E-state index contributed by atoms with van der Waals surface area (Å²) in [7, 11) is 1.39. The minimum absolute atomic E-state index is 0.0484. The molecular weight excluding hydrogens is 247 g/mol. The number of halogens is 3. The minimum atomic E-state index is -3.25. The highest BCUT2D eigenvalue weighted by Crippen LogP contribution is 2.36. The fourth-order valence-electron chi connectivity index (χ4n) is 1.74. The molecule has 1 aromatic rings.